The molecular weight excluding hydrogens is 253 g/mol. The predicted molar refractivity (Wildman–Crippen MR) is 80.0 cm³/mol. The highest BCUT2D eigenvalue weighted by Gasteiger charge is 2.13. The number of hydrogen-bond donors (Lipinski definition) is 1. The molecule has 0 spiro atoms. The monoisotopic (exact) mass is 275 g/mol. The Morgan fingerprint density at radius 2 is 2.10 bits per heavy atom. The average Bonchev–Trinajstić information content (AvgIpc) is 2.88. The van der Waals surface area contributed by atoms with Gasteiger partial charge in [0.05, 0.1) is 5.69 Å². The molecule has 0 radical (unpaired) electrons. The third kappa shape index (κ3) is 3.07. The lowest BCUT2D eigenvalue weighted by molar-refractivity contribution is 0.586. The third-order valence-electron chi connectivity index (χ3n) is 3.43. The van der Waals surface area contributed by atoms with Gasteiger partial charge in [0, 0.05) is 24.3 Å². The van der Waals surface area contributed by atoms with Gasteiger partial charge in [-0.3, -0.25) is 4.68 Å². The number of rotatable bonds is 6. The minimum absolute atomic E-state index is 0.199. The Kier molecular flexibility index (Phi) is 4.90. The van der Waals surface area contributed by atoms with Crippen molar-refractivity contribution in [2.45, 2.75) is 39.8 Å². The van der Waals surface area contributed by atoms with Gasteiger partial charge in [0.2, 0.25) is 0 Å². The van der Waals surface area contributed by atoms with Gasteiger partial charge in [0.25, 0.3) is 0 Å². The summed E-state index contributed by atoms with van der Waals surface area (Å²) in [5.74, 6) is -0.199. The second kappa shape index (κ2) is 6.66. The van der Waals surface area contributed by atoms with Gasteiger partial charge in [-0.15, -0.1) is 0 Å². The maximum absolute atomic E-state index is 14.1. The summed E-state index contributed by atoms with van der Waals surface area (Å²) >= 11 is 0. The molecule has 108 valence electrons. The molecule has 1 unspecified atom stereocenters. The Balaban J connectivity index is 2.40. The number of aromatic nitrogens is 2. The standard InChI is InChI=1S/C16H22FN3/c1-4-10-20-16(8-9-19-20)14-11-13(6-7-15(14)17)12(3)18-5-2/h6-9,11-12,18H,4-5,10H2,1-3H3. The molecule has 0 aliphatic rings. The van der Waals surface area contributed by atoms with Crippen molar-refractivity contribution >= 4 is 0 Å². The van der Waals surface area contributed by atoms with E-state index in [0.717, 1.165) is 30.8 Å². The zero-order valence-electron chi connectivity index (χ0n) is 12.4. The average molecular weight is 275 g/mol. The second-order valence-corrected chi connectivity index (χ2v) is 4.96. The molecule has 1 atom stereocenters. The molecule has 1 aromatic heterocycles. The molecule has 1 aromatic carbocycles. The summed E-state index contributed by atoms with van der Waals surface area (Å²) in [7, 11) is 0. The van der Waals surface area contributed by atoms with Crippen LogP contribution in [0.4, 0.5) is 4.39 Å². The van der Waals surface area contributed by atoms with Crippen LogP contribution in [0.25, 0.3) is 11.3 Å². The Morgan fingerprint density at radius 1 is 1.30 bits per heavy atom. The van der Waals surface area contributed by atoms with Gasteiger partial charge in [-0.25, -0.2) is 4.39 Å². The largest absolute Gasteiger partial charge is 0.310 e. The lowest BCUT2D eigenvalue weighted by Gasteiger charge is -2.15. The van der Waals surface area contributed by atoms with E-state index in [1.165, 1.54) is 0 Å². The first-order chi connectivity index (χ1) is 9.67. The number of aryl methyl sites for hydroxylation is 1. The van der Waals surface area contributed by atoms with Crippen molar-refractivity contribution in [1.29, 1.82) is 0 Å². The smallest absolute Gasteiger partial charge is 0.132 e. The van der Waals surface area contributed by atoms with Gasteiger partial charge in [-0.2, -0.15) is 5.10 Å². The minimum atomic E-state index is -0.199. The molecule has 1 heterocycles. The van der Waals surface area contributed by atoms with Crippen LogP contribution < -0.4 is 5.32 Å². The summed E-state index contributed by atoms with van der Waals surface area (Å²) < 4.78 is 16.0. The van der Waals surface area contributed by atoms with E-state index < -0.39 is 0 Å². The van der Waals surface area contributed by atoms with Gasteiger partial charge in [0.15, 0.2) is 0 Å². The van der Waals surface area contributed by atoms with Crippen LogP contribution in [0.1, 0.15) is 38.8 Å². The Hall–Kier alpha value is -1.68. The van der Waals surface area contributed by atoms with Crippen molar-refractivity contribution in [2.24, 2.45) is 0 Å². The zero-order chi connectivity index (χ0) is 14.5. The highest BCUT2D eigenvalue weighted by Crippen LogP contribution is 2.26. The molecular formula is C16H22FN3. The Morgan fingerprint density at radius 3 is 2.80 bits per heavy atom. The van der Waals surface area contributed by atoms with Crippen LogP contribution in [0.2, 0.25) is 0 Å². The molecule has 1 N–H and O–H groups in total. The Labute approximate surface area is 119 Å². The zero-order valence-corrected chi connectivity index (χ0v) is 12.4. The fraction of sp³-hybridized carbons (Fsp3) is 0.438. The maximum atomic E-state index is 14.1. The van der Waals surface area contributed by atoms with Crippen LogP contribution in [-0.4, -0.2) is 16.3 Å². The maximum Gasteiger partial charge on any atom is 0.132 e. The molecule has 0 aliphatic heterocycles. The second-order valence-electron chi connectivity index (χ2n) is 4.96. The van der Waals surface area contributed by atoms with E-state index in [9.17, 15) is 4.39 Å². The molecule has 20 heavy (non-hydrogen) atoms. The first-order valence-electron chi connectivity index (χ1n) is 7.22. The van der Waals surface area contributed by atoms with Crippen LogP contribution in [0, 0.1) is 5.82 Å². The van der Waals surface area contributed by atoms with Gasteiger partial charge in [-0.1, -0.05) is 19.9 Å². The fourth-order valence-electron chi connectivity index (χ4n) is 2.38. The van der Waals surface area contributed by atoms with Crippen molar-refractivity contribution in [3.8, 4) is 11.3 Å². The van der Waals surface area contributed by atoms with Crippen molar-refractivity contribution in [2.75, 3.05) is 6.54 Å². The number of hydrogen-bond acceptors (Lipinski definition) is 2. The lowest BCUT2D eigenvalue weighted by Crippen LogP contribution is -2.17. The van der Waals surface area contributed by atoms with E-state index in [1.54, 1.807) is 12.3 Å². The van der Waals surface area contributed by atoms with Gasteiger partial charge < -0.3 is 5.32 Å². The van der Waals surface area contributed by atoms with Crippen molar-refractivity contribution in [3.63, 3.8) is 0 Å². The van der Waals surface area contributed by atoms with Gasteiger partial charge >= 0.3 is 0 Å². The van der Waals surface area contributed by atoms with Crippen molar-refractivity contribution in [3.05, 3.63) is 41.8 Å². The Bertz CT molecular complexity index is 563. The van der Waals surface area contributed by atoms with Crippen molar-refractivity contribution < 1.29 is 4.39 Å². The van der Waals surface area contributed by atoms with E-state index in [2.05, 4.69) is 31.2 Å². The summed E-state index contributed by atoms with van der Waals surface area (Å²) in [6, 6.07) is 7.39. The number of benzene rings is 1. The molecule has 0 fully saturated rings. The summed E-state index contributed by atoms with van der Waals surface area (Å²) in [6.07, 6.45) is 2.70. The van der Waals surface area contributed by atoms with E-state index in [-0.39, 0.29) is 11.9 Å². The molecule has 4 heteroatoms. The molecule has 0 saturated heterocycles. The summed E-state index contributed by atoms with van der Waals surface area (Å²) in [5, 5.41) is 7.62. The molecule has 0 bridgehead atoms. The summed E-state index contributed by atoms with van der Waals surface area (Å²) in [5.41, 5.74) is 2.56. The molecule has 0 aliphatic carbocycles. The van der Waals surface area contributed by atoms with E-state index in [0.29, 0.717) is 5.56 Å². The fourth-order valence-corrected chi connectivity index (χ4v) is 2.38. The SMILES string of the molecule is CCCn1nccc1-c1cc(C(C)NCC)ccc1F. The van der Waals surface area contributed by atoms with Crippen LogP contribution >= 0.6 is 0 Å². The first kappa shape index (κ1) is 14.7. The van der Waals surface area contributed by atoms with E-state index in [4.69, 9.17) is 0 Å². The number of nitrogens with one attached hydrogen (secondary N) is 1. The van der Waals surface area contributed by atoms with Crippen LogP contribution in [0.3, 0.4) is 0 Å². The van der Waals surface area contributed by atoms with Crippen LogP contribution in [0.15, 0.2) is 30.5 Å². The van der Waals surface area contributed by atoms with Crippen LogP contribution in [0.5, 0.6) is 0 Å². The topological polar surface area (TPSA) is 29.9 Å². The lowest BCUT2D eigenvalue weighted by atomic mass is 10.0. The number of halogens is 1. The summed E-state index contributed by atoms with van der Waals surface area (Å²) in [4.78, 5) is 0. The molecule has 2 rings (SSSR count). The highest BCUT2D eigenvalue weighted by atomic mass is 19.1. The highest BCUT2D eigenvalue weighted by molar-refractivity contribution is 5.61. The minimum Gasteiger partial charge on any atom is -0.310 e. The predicted octanol–water partition coefficient (Wildman–Crippen LogP) is 3.77. The van der Waals surface area contributed by atoms with Crippen LogP contribution in [-0.2, 0) is 6.54 Å². The quantitative estimate of drug-likeness (QED) is 0.869. The molecule has 0 amide bonds. The first-order valence-corrected chi connectivity index (χ1v) is 7.22. The van der Waals surface area contributed by atoms with Gasteiger partial charge in [-0.05, 0) is 43.7 Å². The molecule has 3 nitrogen and oxygen atoms in total. The molecule has 0 saturated carbocycles. The third-order valence-corrected chi connectivity index (χ3v) is 3.43. The van der Waals surface area contributed by atoms with E-state index in [1.807, 2.05) is 22.9 Å². The molecule has 2 aromatic rings. The number of nitrogens with zero attached hydrogens (tertiary/aromatic N) is 2. The van der Waals surface area contributed by atoms with Gasteiger partial charge in [0.1, 0.15) is 5.82 Å². The summed E-state index contributed by atoms with van der Waals surface area (Å²) in [6.45, 7) is 7.93. The normalized spacial score (nSPS) is 12.6. The van der Waals surface area contributed by atoms with Crippen molar-refractivity contribution in [1.82, 2.24) is 15.1 Å². The van der Waals surface area contributed by atoms with E-state index >= 15 is 0 Å².